The maximum atomic E-state index is 4.68. The molecule has 0 spiro atoms. The van der Waals surface area contributed by atoms with Gasteiger partial charge >= 0.3 is 0 Å². The SMILES string of the molecule is CCCNc1nc(CC)nc(NCC2CCCCC2)c1C. The molecule has 0 unspecified atom stereocenters. The fourth-order valence-corrected chi connectivity index (χ4v) is 2.94. The summed E-state index contributed by atoms with van der Waals surface area (Å²) < 4.78 is 0. The predicted octanol–water partition coefficient (Wildman–Crippen LogP) is 4.16. The molecule has 1 aliphatic rings. The molecule has 21 heavy (non-hydrogen) atoms. The molecule has 0 radical (unpaired) electrons. The van der Waals surface area contributed by atoms with E-state index in [1.165, 1.54) is 32.1 Å². The van der Waals surface area contributed by atoms with Gasteiger partial charge in [0.05, 0.1) is 0 Å². The fourth-order valence-electron chi connectivity index (χ4n) is 2.94. The topological polar surface area (TPSA) is 49.8 Å². The van der Waals surface area contributed by atoms with Crippen LogP contribution in [0, 0.1) is 12.8 Å². The minimum absolute atomic E-state index is 0.810. The average molecular weight is 290 g/mol. The number of nitrogens with one attached hydrogen (secondary N) is 2. The Balaban J connectivity index is 2.05. The van der Waals surface area contributed by atoms with Gasteiger partial charge in [-0.15, -0.1) is 0 Å². The summed E-state index contributed by atoms with van der Waals surface area (Å²) in [5.74, 6) is 3.75. The van der Waals surface area contributed by atoms with Crippen molar-refractivity contribution >= 4 is 11.6 Å². The maximum Gasteiger partial charge on any atom is 0.134 e. The molecule has 1 aromatic heterocycles. The van der Waals surface area contributed by atoms with Gasteiger partial charge in [0.1, 0.15) is 17.5 Å². The van der Waals surface area contributed by atoms with E-state index in [4.69, 9.17) is 0 Å². The van der Waals surface area contributed by atoms with Crippen molar-refractivity contribution < 1.29 is 0 Å². The number of rotatable bonds is 7. The first-order valence-electron chi connectivity index (χ1n) is 8.59. The first-order chi connectivity index (χ1) is 10.2. The summed E-state index contributed by atoms with van der Waals surface area (Å²) in [5.41, 5.74) is 1.15. The van der Waals surface area contributed by atoms with Gasteiger partial charge in [0.25, 0.3) is 0 Å². The minimum atomic E-state index is 0.810. The number of aromatic nitrogens is 2. The highest BCUT2D eigenvalue weighted by atomic mass is 15.1. The van der Waals surface area contributed by atoms with E-state index in [1.807, 2.05) is 0 Å². The van der Waals surface area contributed by atoms with Gasteiger partial charge < -0.3 is 10.6 Å². The van der Waals surface area contributed by atoms with Crippen molar-refractivity contribution in [2.24, 2.45) is 5.92 Å². The Morgan fingerprint density at radius 1 is 1.00 bits per heavy atom. The van der Waals surface area contributed by atoms with Crippen molar-refractivity contribution in [1.29, 1.82) is 0 Å². The summed E-state index contributed by atoms with van der Waals surface area (Å²) in [6.07, 6.45) is 8.89. The molecule has 1 fully saturated rings. The third-order valence-electron chi connectivity index (χ3n) is 4.33. The summed E-state index contributed by atoms with van der Waals surface area (Å²) in [6, 6.07) is 0. The maximum absolute atomic E-state index is 4.68. The van der Waals surface area contributed by atoms with Crippen LogP contribution in [0.2, 0.25) is 0 Å². The number of hydrogen-bond acceptors (Lipinski definition) is 4. The minimum Gasteiger partial charge on any atom is -0.370 e. The highest BCUT2D eigenvalue weighted by Crippen LogP contribution is 2.25. The lowest BCUT2D eigenvalue weighted by Crippen LogP contribution is -2.19. The summed E-state index contributed by atoms with van der Waals surface area (Å²) in [7, 11) is 0. The van der Waals surface area contributed by atoms with Crippen LogP contribution in [0.3, 0.4) is 0 Å². The molecule has 1 aliphatic carbocycles. The molecule has 4 nitrogen and oxygen atoms in total. The van der Waals surface area contributed by atoms with Gasteiger partial charge in [-0.25, -0.2) is 9.97 Å². The first kappa shape index (κ1) is 16.1. The van der Waals surface area contributed by atoms with Crippen LogP contribution >= 0.6 is 0 Å². The summed E-state index contributed by atoms with van der Waals surface area (Å²) >= 11 is 0. The van der Waals surface area contributed by atoms with Crippen LogP contribution < -0.4 is 10.6 Å². The van der Waals surface area contributed by atoms with Crippen LogP contribution in [0.1, 0.15) is 63.8 Å². The zero-order valence-electron chi connectivity index (χ0n) is 13.8. The molecular weight excluding hydrogens is 260 g/mol. The van der Waals surface area contributed by atoms with Gasteiger partial charge in [0.15, 0.2) is 0 Å². The molecule has 4 heteroatoms. The number of hydrogen-bond donors (Lipinski definition) is 2. The second-order valence-corrected chi connectivity index (χ2v) is 6.13. The molecule has 1 saturated carbocycles. The van der Waals surface area contributed by atoms with E-state index in [0.717, 1.165) is 54.9 Å². The number of anilines is 2. The van der Waals surface area contributed by atoms with E-state index in [2.05, 4.69) is 41.4 Å². The number of nitrogens with zero attached hydrogens (tertiary/aromatic N) is 2. The Kier molecular flexibility index (Phi) is 6.27. The fraction of sp³-hybridized carbons (Fsp3) is 0.765. The standard InChI is InChI=1S/C17H30N4/c1-4-11-18-16-13(3)17(21-15(5-2)20-16)19-12-14-9-7-6-8-10-14/h14H,4-12H2,1-3H3,(H2,18,19,20,21). The Morgan fingerprint density at radius 2 is 1.67 bits per heavy atom. The van der Waals surface area contributed by atoms with E-state index in [1.54, 1.807) is 0 Å². The molecule has 0 amide bonds. The first-order valence-corrected chi connectivity index (χ1v) is 8.59. The summed E-state index contributed by atoms with van der Waals surface area (Å²) in [6.45, 7) is 8.41. The number of aryl methyl sites for hydroxylation is 1. The van der Waals surface area contributed by atoms with Crippen LogP contribution in [-0.2, 0) is 6.42 Å². The average Bonchev–Trinajstić information content (AvgIpc) is 2.53. The van der Waals surface area contributed by atoms with E-state index >= 15 is 0 Å². The normalized spacial score (nSPS) is 16.0. The third-order valence-corrected chi connectivity index (χ3v) is 4.33. The van der Waals surface area contributed by atoms with Gasteiger partial charge in [-0.05, 0) is 32.1 Å². The molecule has 0 aromatic carbocycles. The van der Waals surface area contributed by atoms with Gasteiger partial charge in [0, 0.05) is 25.1 Å². The van der Waals surface area contributed by atoms with E-state index in [9.17, 15) is 0 Å². The van der Waals surface area contributed by atoms with Crippen molar-refractivity contribution in [2.45, 2.75) is 65.7 Å². The van der Waals surface area contributed by atoms with Crippen LogP contribution in [0.15, 0.2) is 0 Å². The lowest BCUT2D eigenvalue weighted by Gasteiger charge is -2.23. The van der Waals surface area contributed by atoms with Crippen molar-refractivity contribution in [3.63, 3.8) is 0 Å². The zero-order valence-corrected chi connectivity index (χ0v) is 13.8. The molecule has 0 atom stereocenters. The van der Waals surface area contributed by atoms with Crippen molar-refractivity contribution in [2.75, 3.05) is 23.7 Å². The van der Waals surface area contributed by atoms with Crippen molar-refractivity contribution in [3.05, 3.63) is 11.4 Å². The second kappa shape index (κ2) is 8.20. The monoisotopic (exact) mass is 290 g/mol. The smallest absolute Gasteiger partial charge is 0.134 e. The van der Waals surface area contributed by atoms with Crippen LogP contribution in [0.4, 0.5) is 11.6 Å². The molecule has 0 saturated heterocycles. The van der Waals surface area contributed by atoms with Gasteiger partial charge in [-0.1, -0.05) is 33.1 Å². The lowest BCUT2D eigenvalue weighted by atomic mass is 9.89. The Morgan fingerprint density at radius 3 is 2.29 bits per heavy atom. The lowest BCUT2D eigenvalue weighted by molar-refractivity contribution is 0.373. The van der Waals surface area contributed by atoms with Crippen LogP contribution in [-0.4, -0.2) is 23.1 Å². The summed E-state index contributed by atoms with van der Waals surface area (Å²) in [5, 5.41) is 7.01. The third kappa shape index (κ3) is 4.58. The van der Waals surface area contributed by atoms with Crippen LogP contribution in [0.25, 0.3) is 0 Å². The highest BCUT2D eigenvalue weighted by Gasteiger charge is 2.15. The highest BCUT2D eigenvalue weighted by molar-refractivity contribution is 5.57. The molecule has 2 rings (SSSR count). The molecule has 118 valence electrons. The molecule has 1 heterocycles. The quantitative estimate of drug-likeness (QED) is 0.791. The van der Waals surface area contributed by atoms with Crippen molar-refractivity contribution in [1.82, 2.24) is 9.97 Å². The molecular formula is C17H30N4. The van der Waals surface area contributed by atoms with Gasteiger partial charge in [-0.2, -0.15) is 0 Å². The molecule has 0 bridgehead atoms. The Hall–Kier alpha value is -1.32. The van der Waals surface area contributed by atoms with Gasteiger partial charge in [0.2, 0.25) is 0 Å². The van der Waals surface area contributed by atoms with Crippen molar-refractivity contribution in [3.8, 4) is 0 Å². The molecule has 1 aromatic rings. The molecule has 0 aliphatic heterocycles. The van der Waals surface area contributed by atoms with E-state index in [-0.39, 0.29) is 0 Å². The van der Waals surface area contributed by atoms with Gasteiger partial charge in [-0.3, -0.25) is 0 Å². The Bertz CT molecular complexity index is 439. The zero-order chi connectivity index (χ0) is 15.1. The Labute approximate surface area is 129 Å². The van der Waals surface area contributed by atoms with E-state index < -0.39 is 0 Å². The second-order valence-electron chi connectivity index (χ2n) is 6.13. The summed E-state index contributed by atoms with van der Waals surface area (Å²) in [4.78, 5) is 9.30. The van der Waals surface area contributed by atoms with Crippen LogP contribution in [0.5, 0.6) is 0 Å². The predicted molar refractivity (Wildman–Crippen MR) is 90.0 cm³/mol. The largest absolute Gasteiger partial charge is 0.370 e. The molecule has 2 N–H and O–H groups in total. The van der Waals surface area contributed by atoms with E-state index in [0.29, 0.717) is 0 Å².